The minimum absolute atomic E-state index is 1.04. The highest BCUT2D eigenvalue weighted by molar-refractivity contribution is 4.61. The van der Waals surface area contributed by atoms with E-state index in [1.54, 1.807) is 0 Å². The third kappa shape index (κ3) is 22.2. The second-order valence-electron chi connectivity index (χ2n) is 9.24. The molecule has 0 aliphatic carbocycles. The highest BCUT2D eigenvalue weighted by Crippen LogP contribution is 2.23. The topological polar surface area (TPSA) is 0 Å². The summed E-state index contributed by atoms with van der Waals surface area (Å²) in [5.41, 5.74) is 0. The van der Waals surface area contributed by atoms with E-state index in [0.717, 1.165) is 5.92 Å². The molecular formula is C27H56. The molecular weight excluding hydrogens is 324 g/mol. The van der Waals surface area contributed by atoms with E-state index in [9.17, 15) is 0 Å². The Kier molecular flexibility index (Phi) is 24.0. The van der Waals surface area contributed by atoms with E-state index < -0.39 is 0 Å². The molecule has 0 bridgehead atoms. The van der Waals surface area contributed by atoms with Crippen LogP contribution in [-0.2, 0) is 0 Å². The zero-order valence-corrected chi connectivity index (χ0v) is 19.8. The predicted octanol–water partition coefficient (Wildman–Crippen LogP) is 10.6. The van der Waals surface area contributed by atoms with E-state index in [1.807, 2.05) is 0 Å². The Morgan fingerprint density at radius 3 is 0.963 bits per heavy atom. The molecule has 1 unspecified atom stereocenters. The van der Waals surface area contributed by atoms with Gasteiger partial charge in [0, 0.05) is 0 Å². The maximum absolute atomic E-state index is 2.34. The molecule has 27 heavy (non-hydrogen) atoms. The third-order valence-corrected chi connectivity index (χ3v) is 6.40. The largest absolute Gasteiger partial charge is 0.0654 e. The lowest BCUT2D eigenvalue weighted by Gasteiger charge is -2.16. The van der Waals surface area contributed by atoms with Gasteiger partial charge in [0.25, 0.3) is 0 Å². The van der Waals surface area contributed by atoms with E-state index in [1.165, 1.54) is 148 Å². The van der Waals surface area contributed by atoms with Crippen LogP contribution >= 0.6 is 0 Å². The van der Waals surface area contributed by atoms with Crippen molar-refractivity contribution in [2.24, 2.45) is 5.92 Å². The molecule has 0 radical (unpaired) electrons. The van der Waals surface area contributed by atoms with Gasteiger partial charge in [-0.2, -0.15) is 0 Å². The normalized spacial score (nSPS) is 12.6. The van der Waals surface area contributed by atoms with E-state index in [2.05, 4.69) is 20.8 Å². The minimum Gasteiger partial charge on any atom is -0.0654 e. The van der Waals surface area contributed by atoms with Crippen LogP contribution in [0.5, 0.6) is 0 Å². The molecule has 0 spiro atoms. The van der Waals surface area contributed by atoms with Gasteiger partial charge in [-0.25, -0.2) is 0 Å². The maximum Gasteiger partial charge on any atom is -0.0414 e. The molecule has 0 aromatic carbocycles. The lowest BCUT2D eigenvalue weighted by Crippen LogP contribution is -2.01. The van der Waals surface area contributed by atoms with Crippen molar-refractivity contribution in [2.45, 2.75) is 168 Å². The van der Waals surface area contributed by atoms with Crippen molar-refractivity contribution in [1.29, 1.82) is 0 Å². The molecule has 0 fully saturated rings. The molecule has 0 heteroatoms. The molecule has 0 saturated carbocycles. The maximum atomic E-state index is 2.34. The van der Waals surface area contributed by atoms with Gasteiger partial charge in [-0.1, -0.05) is 168 Å². The molecule has 0 aromatic rings. The van der Waals surface area contributed by atoms with E-state index in [-0.39, 0.29) is 0 Å². The van der Waals surface area contributed by atoms with Crippen molar-refractivity contribution >= 4 is 0 Å². The summed E-state index contributed by atoms with van der Waals surface area (Å²) < 4.78 is 0. The average molecular weight is 381 g/mol. The van der Waals surface area contributed by atoms with E-state index in [4.69, 9.17) is 0 Å². The van der Waals surface area contributed by atoms with Crippen LogP contribution in [0.15, 0.2) is 0 Å². The van der Waals surface area contributed by atoms with Crippen LogP contribution in [0, 0.1) is 5.92 Å². The molecule has 0 amide bonds. The van der Waals surface area contributed by atoms with E-state index in [0.29, 0.717) is 0 Å². The SMILES string of the molecule is CCCCCCCCCCCCCCCCCC(CCCC)CCCCC. The molecule has 0 aliphatic heterocycles. The van der Waals surface area contributed by atoms with Crippen LogP contribution in [0.1, 0.15) is 168 Å². The monoisotopic (exact) mass is 380 g/mol. The molecule has 0 rings (SSSR count). The van der Waals surface area contributed by atoms with Gasteiger partial charge >= 0.3 is 0 Å². The number of hydrogen-bond donors (Lipinski definition) is 0. The number of unbranched alkanes of at least 4 members (excludes halogenated alkanes) is 17. The van der Waals surface area contributed by atoms with Gasteiger partial charge in [-0.15, -0.1) is 0 Å². The van der Waals surface area contributed by atoms with Gasteiger partial charge in [-0.3, -0.25) is 0 Å². The molecule has 0 aliphatic rings. The summed E-state index contributed by atoms with van der Waals surface area (Å²) in [6.07, 6.45) is 33.8. The first kappa shape index (κ1) is 27.0. The summed E-state index contributed by atoms with van der Waals surface area (Å²) in [5.74, 6) is 1.04. The minimum atomic E-state index is 1.04. The Hall–Kier alpha value is 0. The van der Waals surface area contributed by atoms with Crippen molar-refractivity contribution in [2.75, 3.05) is 0 Å². The van der Waals surface area contributed by atoms with Crippen LogP contribution < -0.4 is 0 Å². The molecule has 0 heterocycles. The summed E-state index contributed by atoms with van der Waals surface area (Å²) in [4.78, 5) is 0. The van der Waals surface area contributed by atoms with Gasteiger partial charge in [0.1, 0.15) is 0 Å². The van der Waals surface area contributed by atoms with Gasteiger partial charge < -0.3 is 0 Å². The molecule has 0 saturated heterocycles. The van der Waals surface area contributed by atoms with Crippen molar-refractivity contribution in [1.82, 2.24) is 0 Å². The van der Waals surface area contributed by atoms with Gasteiger partial charge in [0.15, 0.2) is 0 Å². The third-order valence-electron chi connectivity index (χ3n) is 6.40. The first-order valence-electron chi connectivity index (χ1n) is 13.3. The van der Waals surface area contributed by atoms with Crippen LogP contribution in [-0.4, -0.2) is 0 Å². The van der Waals surface area contributed by atoms with Crippen LogP contribution in [0.4, 0.5) is 0 Å². The molecule has 0 nitrogen and oxygen atoms in total. The lowest BCUT2D eigenvalue weighted by molar-refractivity contribution is 0.373. The summed E-state index contributed by atoms with van der Waals surface area (Å²) in [6.45, 7) is 6.98. The number of rotatable bonds is 23. The Morgan fingerprint density at radius 1 is 0.296 bits per heavy atom. The quantitative estimate of drug-likeness (QED) is 0.155. The Morgan fingerprint density at radius 2 is 0.556 bits per heavy atom. The lowest BCUT2D eigenvalue weighted by atomic mass is 9.90. The fraction of sp³-hybridized carbons (Fsp3) is 1.00. The summed E-state index contributed by atoms with van der Waals surface area (Å²) in [7, 11) is 0. The van der Waals surface area contributed by atoms with Gasteiger partial charge in [0.05, 0.1) is 0 Å². The first-order chi connectivity index (χ1) is 13.3. The van der Waals surface area contributed by atoms with Crippen molar-refractivity contribution in [3.8, 4) is 0 Å². The Bertz CT molecular complexity index is 244. The molecule has 0 aromatic heterocycles. The second-order valence-corrected chi connectivity index (χ2v) is 9.24. The van der Waals surface area contributed by atoms with Gasteiger partial charge in [-0.05, 0) is 5.92 Å². The van der Waals surface area contributed by atoms with Crippen molar-refractivity contribution < 1.29 is 0 Å². The van der Waals surface area contributed by atoms with Gasteiger partial charge in [0.2, 0.25) is 0 Å². The number of hydrogen-bond acceptors (Lipinski definition) is 0. The Balaban J connectivity index is 3.31. The zero-order valence-electron chi connectivity index (χ0n) is 19.8. The fourth-order valence-corrected chi connectivity index (χ4v) is 4.41. The van der Waals surface area contributed by atoms with Crippen molar-refractivity contribution in [3.63, 3.8) is 0 Å². The highest BCUT2D eigenvalue weighted by Gasteiger charge is 2.07. The summed E-state index contributed by atoms with van der Waals surface area (Å²) >= 11 is 0. The smallest absolute Gasteiger partial charge is 0.0414 e. The standard InChI is InChI=1S/C27H56/c1-4-7-10-11-12-13-14-15-16-17-18-19-20-21-23-26-27(24-9-6-3)25-22-8-5-2/h27H,4-26H2,1-3H3. The summed E-state index contributed by atoms with van der Waals surface area (Å²) in [6, 6.07) is 0. The fourth-order valence-electron chi connectivity index (χ4n) is 4.41. The highest BCUT2D eigenvalue weighted by atomic mass is 14.1. The van der Waals surface area contributed by atoms with Crippen LogP contribution in [0.25, 0.3) is 0 Å². The first-order valence-corrected chi connectivity index (χ1v) is 13.3. The molecule has 164 valence electrons. The molecule has 0 N–H and O–H groups in total. The van der Waals surface area contributed by atoms with E-state index >= 15 is 0 Å². The van der Waals surface area contributed by atoms with Crippen LogP contribution in [0.3, 0.4) is 0 Å². The van der Waals surface area contributed by atoms with Crippen molar-refractivity contribution in [3.05, 3.63) is 0 Å². The summed E-state index contributed by atoms with van der Waals surface area (Å²) in [5, 5.41) is 0. The van der Waals surface area contributed by atoms with Crippen LogP contribution in [0.2, 0.25) is 0 Å². The average Bonchev–Trinajstić information content (AvgIpc) is 2.68. The zero-order chi connectivity index (χ0) is 19.8. The second kappa shape index (κ2) is 24.0. The molecule has 1 atom stereocenters. The predicted molar refractivity (Wildman–Crippen MR) is 127 cm³/mol. The Labute approximate surface area is 174 Å².